The lowest BCUT2D eigenvalue weighted by molar-refractivity contribution is -0.141. The lowest BCUT2D eigenvalue weighted by Crippen LogP contribution is -2.17. The first kappa shape index (κ1) is 20.9. The van der Waals surface area contributed by atoms with Gasteiger partial charge in [0.25, 0.3) is 0 Å². The molecule has 0 fully saturated rings. The molecule has 146 valence electrons. The number of ketones is 1. The second-order valence-electron chi connectivity index (χ2n) is 7.74. The van der Waals surface area contributed by atoms with E-state index in [1.165, 1.54) is 0 Å². The highest BCUT2D eigenvalue weighted by atomic mass is 16.5. The maximum Gasteiger partial charge on any atom is 0.310 e. The highest BCUT2D eigenvalue weighted by Crippen LogP contribution is 2.18. The van der Waals surface area contributed by atoms with E-state index in [9.17, 15) is 9.59 Å². The molecule has 0 amide bonds. The zero-order chi connectivity index (χ0) is 20.3. The number of benzene rings is 1. The Kier molecular flexibility index (Phi) is 6.58. The molecule has 0 bridgehead atoms. The molecule has 0 unspecified atom stereocenters. The molecule has 27 heavy (non-hydrogen) atoms. The van der Waals surface area contributed by atoms with Crippen LogP contribution in [0.5, 0.6) is 0 Å². The second kappa shape index (κ2) is 8.51. The quantitative estimate of drug-likeness (QED) is 0.545. The van der Waals surface area contributed by atoms with E-state index < -0.39 is 5.97 Å². The summed E-state index contributed by atoms with van der Waals surface area (Å²) in [4.78, 5) is 24.7. The van der Waals surface area contributed by atoms with E-state index >= 15 is 0 Å². The normalized spacial score (nSPS) is 11.1. The molecule has 5 heteroatoms. The van der Waals surface area contributed by atoms with Crippen LogP contribution >= 0.6 is 0 Å². The average Bonchev–Trinajstić information content (AvgIpc) is 2.82. The van der Waals surface area contributed by atoms with Crippen molar-refractivity contribution in [2.45, 2.75) is 61.4 Å². The third-order valence-corrected chi connectivity index (χ3v) is 4.90. The Labute approximate surface area is 161 Å². The van der Waals surface area contributed by atoms with Gasteiger partial charge < -0.3 is 4.74 Å². The molecule has 0 aliphatic rings. The number of Topliss-reactive ketones (excluding diaryl/α,β-unsaturated/α-hetero) is 1. The molecule has 0 spiro atoms. The molecule has 1 aromatic heterocycles. The van der Waals surface area contributed by atoms with Crippen molar-refractivity contribution in [2.75, 3.05) is 6.61 Å². The molecule has 0 radical (unpaired) electrons. The number of esters is 1. The van der Waals surface area contributed by atoms with Gasteiger partial charge in [-0.2, -0.15) is 5.10 Å². The third-order valence-electron chi connectivity index (χ3n) is 4.90. The summed E-state index contributed by atoms with van der Waals surface area (Å²) < 4.78 is 7.20. The lowest BCUT2D eigenvalue weighted by Gasteiger charge is -2.10. The van der Waals surface area contributed by atoms with Gasteiger partial charge in [-0.05, 0) is 63.3 Å². The molecule has 2 aromatic rings. The van der Waals surface area contributed by atoms with E-state index in [0.717, 1.165) is 40.2 Å². The van der Waals surface area contributed by atoms with Crippen LogP contribution in [-0.4, -0.2) is 28.1 Å². The van der Waals surface area contributed by atoms with Gasteiger partial charge in [-0.15, -0.1) is 0 Å². The molecule has 0 saturated heterocycles. The summed E-state index contributed by atoms with van der Waals surface area (Å²) in [7, 11) is 0. The molecular formula is C22H30N2O3. The van der Waals surface area contributed by atoms with Crippen LogP contribution in [0.25, 0.3) is 0 Å². The highest BCUT2D eigenvalue weighted by molar-refractivity contribution is 5.99. The summed E-state index contributed by atoms with van der Waals surface area (Å²) in [6.45, 7) is 14.6. The summed E-state index contributed by atoms with van der Waals surface area (Å²) in [5, 5.41) is 4.52. The van der Waals surface area contributed by atoms with Crippen LogP contribution < -0.4 is 0 Å². The first-order valence-electron chi connectivity index (χ1n) is 9.39. The van der Waals surface area contributed by atoms with Gasteiger partial charge in [-0.25, -0.2) is 0 Å². The molecule has 1 heterocycles. The average molecular weight is 370 g/mol. The fourth-order valence-electron chi connectivity index (χ4n) is 3.19. The first-order valence-corrected chi connectivity index (χ1v) is 9.39. The molecule has 5 nitrogen and oxygen atoms in total. The van der Waals surface area contributed by atoms with E-state index in [1.807, 2.05) is 51.4 Å². The fourth-order valence-corrected chi connectivity index (χ4v) is 3.19. The van der Waals surface area contributed by atoms with E-state index in [1.54, 1.807) is 0 Å². The van der Waals surface area contributed by atoms with Gasteiger partial charge in [0, 0.05) is 23.4 Å². The van der Waals surface area contributed by atoms with E-state index in [4.69, 9.17) is 4.74 Å². The van der Waals surface area contributed by atoms with Gasteiger partial charge >= 0.3 is 5.97 Å². The van der Waals surface area contributed by atoms with Gasteiger partial charge in [-0.3, -0.25) is 14.3 Å². The highest BCUT2D eigenvalue weighted by Gasteiger charge is 2.18. The summed E-state index contributed by atoms with van der Waals surface area (Å²) >= 11 is 0. The Bertz CT molecular complexity index is 863. The predicted molar refractivity (Wildman–Crippen MR) is 106 cm³/mol. The number of aryl methyl sites for hydroxylation is 4. The number of nitrogens with zero attached hydrogens (tertiary/aromatic N) is 2. The van der Waals surface area contributed by atoms with Crippen LogP contribution in [0.15, 0.2) is 12.1 Å². The fraction of sp³-hybridized carbons (Fsp3) is 0.500. The standard InChI is InChI=1S/C22H30N2O3/c1-13(2)11-24-18(7)20(17(6)23-24)10-22(26)27-12-21(25)19-9-15(4)14(3)8-16(19)5/h8-9,13H,10-12H2,1-7H3. The van der Waals surface area contributed by atoms with Crippen LogP contribution in [0.2, 0.25) is 0 Å². The molecule has 0 aliphatic carbocycles. The number of ether oxygens (including phenoxy) is 1. The Morgan fingerprint density at radius 2 is 1.67 bits per heavy atom. The van der Waals surface area contributed by atoms with Crippen LogP contribution in [0.4, 0.5) is 0 Å². The van der Waals surface area contributed by atoms with Crippen molar-refractivity contribution in [3.05, 3.63) is 51.3 Å². The van der Waals surface area contributed by atoms with Crippen molar-refractivity contribution in [1.29, 1.82) is 0 Å². The van der Waals surface area contributed by atoms with E-state index in [-0.39, 0.29) is 18.8 Å². The molecule has 1 aromatic carbocycles. The summed E-state index contributed by atoms with van der Waals surface area (Å²) in [6.07, 6.45) is 0.134. The Morgan fingerprint density at radius 3 is 2.30 bits per heavy atom. The maximum absolute atomic E-state index is 12.5. The Morgan fingerprint density at radius 1 is 1.04 bits per heavy atom. The van der Waals surface area contributed by atoms with Crippen LogP contribution in [0.1, 0.15) is 57.8 Å². The van der Waals surface area contributed by atoms with E-state index in [0.29, 0.717) is 11.5 Å². The number of aromatic nitrogens is 2. The van der Waals surface area contributed by atoms with Crippen molar-refractivity contribution in [3.8, 4) is 0 Å². The number of hydrogen-bond donors (Lipinski definition) is 0. The molecule has 0 aliphatic heterocycles. The van der Waals surface area contributed by atoms with Crippen LogP contribution in [0, 0.1) is 40.5 Å². The van der Waals surface area contributed by atoms with Gasteiger partial charge in [0.15, 0.2) is 6.61 Å². The predicted octanol–water partition coefficient (Wildman–Crippen LogP) is 4.05. The van der Waals surface area contributed by atoms with Crippen molar-refractivity contribution in [2.24, 2.45) is 5.92 Å². The minimum atomic E-state index is -0.403. The summed E-state index contributed by atoms with van der Waals surface area (Å²) in [5.74, 6) is -0.102. The van der Waals surface area contributed by atoms with Crippen molar-refractivity contribution in [3.63, 3.8) is 0 Å². The molecule has 0 N–H and O–H groups in total. The maximum atomic E-state index is 12.5. The zero-order valence-electron chi connectivity index (χ0n) is 17.5. The van der Waals surface area contributed by atoms with Gasteiger partial charge in [0.1, 0.15) is 0 Å². The smallest absolute Gasteiger partial charge is 0.310 e. The zero-order valence-corrected chi connectivity index (χ0v) is 17.5. The monoisotopic (exact) mass is 370 g/mol. The van der Waals surface area contributed by atoms with Crippen molar-refractivity contribution in [1.82, 2.24) is 9.78 Å². The Balaban J connectivity index is 2.02. The van der Waals surface area contributed by atoms with Gasteiger partial charge in [0.05, 0.1) is 12.1 Å². The van der Waals surface area contributed by atoms with Crippen LogP contribution in [0.3, 0.4) is 0 Å². The summed E-state index contributed by atoms with van der Waals surface area (Å²) in [5.41, 5.74) is 6.42. The minimum Gasteiger partial charge on any atom is -0.457 e. The molecular weight excluding hydrogens is 340 g/mol. The number of rotatable bonds is 7. The SMILES string of the molecule is Cc1cc(C)c(C(=O)COC(=O)Cc2c(C)nn(CC(C)C)c2C)cc1C. The van der Waals surface area contributed by atoms with E-state index in [2.05, 4.69) is 18.9 Å². The minimum absolute atomic E-state index is 0.134. The van der Waals surface area contributed by atoms with Crippen LogP contribution in [-0.2, 0) is 22.5 Å². The number of carbonyl (C=O) groups excluding carboxylic acids is 2. The molecule has 2 rings (SSSR count). The number of carbonyl (C=O) groups is 2. The molecule has 0 atom stereocenters. The van der Waals surface area contributed by atoms with Crippen molar-refractivity contribution >= 4 is 11.8 Å². The Hall–Kier alpha value is -2.43. The molecule has 0 saturated carbocycles. The number of hydrogen-bond acceptors (Lipinski definition) is 4. The van der Waals surface area contributed by atoms with Crippen molar-refractivity contribution < 1.29 is 14.3 Å². The topological polar surface area (TPSA) is 61.2 Å². The second-order valence-corrected chi connectivity index (χ2v) is 7.74. The summed E-state index contributed by atoms with van der Waals surface area (Å²) in [6, 6.07) is 3.85. The largest absolute Gasteiger partial charge is 0.457 e. The third kappa shape index (κ3) is 5.06. The first-order chi connectivity index (χ1) is 12.6. The van der Waals surface area contributed by atoms with Gasteiger partial charge in [0.2, 0.25) is 5.78 Å². The van der Waals surface area contributed by atoms with Gasteiger partial charge in [-0.1, -0.05) is 19.9 Å². The lowest BCUT2D eigenvalue weighted by atomic mass is 9.98.